The van der Waals surface area contributed by atoms with E-state index in [1.165, 1.54) is 0 Å². The van der Waals surface area contributed by atoms with Crippen LogP contribution in [0.1, 0.15) is 6.42 Å². The molecule has 0 unspecified atom stereocenters. The van der Waals surface area contributed by atoms with Gasteiger partial charge in [0.05, 0.1) is 0 Å². The second-order valence-corrected chi connectivity index (χ2v) is 2.80. The summed E-state index contributed by atoms with van der Waals surface area (Å²) in [5.74, 6) is -1.44. The number of hydrogen-bond acceptors (Lipinski definition) is 4. The highest BCUT2D eigenvalue weighted by atomic mass is 16.5. The molecule has 0 spiro atoms. The van der Waals surface area contributed by atoms with Crippen molar-refractivity contribution in [2.24, 2.45) is 0 Å². The highest BCUT2D eigenvalue weighted by Gasteiger charge is 2.30. The first-order valence-corrected chi connectivity index (χ1v) is 3.92. The first-order valence-electron chi connectivity index (χ1n) is 3.92. The maximum absolute atomic E-state index is 10.7. The van der Waals surface area contributed by atoms with Crippen LogP contribution in [0.4, 0.5) is 0 Å². The van der Waals surface area contributed by atoms with Gasteiger partial charge < -0.3 is 15.2 Å². The van der Waals surface area contributed by atoms with E-state index in [-0.39, 0.29) is 6.10 Å². The highest BCUT2D eigenvalue weighted by molar-refractivity contribution is 5.81. The fourth-order valence-electron chi connectivity index (χ4n) is 1.19. The largest absolute Gasteiger partial charge is 0.480 e. The summed E-state index contributed by atoms with van der Waals surface area (Å²) in [4.78, 5) is 21.2. The van der Waals surface area contributed by atoms with Gasteiger partial charge in [0, 0.05) is 19.0 Å². The van der Waals surface area contributed by atoms with Gasteiger partial charge in [-0.2, -0.15) is 0 Å². The minimum atomic E-state index is -0.919. The molecule has 2 N–H and O–H groups in total. The first kappa shape index (κ1) is 9.73. The van der Waals surface area contributed by atoms with Crippen molar-refractivity contribution in [1.29, 1.82) is 0 Å². The Labute approximate surface area is 75.4 Å². The Hall–Kier alpha value is -1.36. The summed E-state index contributed by atoms with van der Waals surface area (Å²) >= 11 is 0. The summed E-state index contributed by atoms with van der Waals surface area (Å²) < 4.78 is 4.86. The van der Waals surface area contributed by atoms with E-state index in [2.05, 4.69) is 11.9 Å². The molecule has 0 aromatic carbocycles. The van der Waals surface area contributed by atoms with Crippen LogP contribution in [0.3, 0.4) is 0 Å². The third-order valence-corrected chi connectivity index (χ3v) is 1.84. The molecule has 72 valence electrons. The summed E-state index contributed by atoms with van der Waals surface area (Å²) in [6.45, 7) is 3.63. The summed E-state index contributed by atoms with van der Waals surface area (Å²) in [7, 11) is 0. The van der Waals surface area contributed by atoms with E-state index < -0.39 is 18.0 Å². The molecule has 1 saturated heterocycles. The lowest BCUT2D eigenvalue weighted by Gasteiger charge is -2.07. The SMILES string of the molecule is C=CC(=O)O[C@@H]1CN[C@@H](C(=O)O)C1. The van der Waals surface area contributed by atoms with Crippen LogP contribution in [0.15, 0.2) is 12.7 Å². The smallest absolute Gasteiger partial charge is 0.330 e. The lowest BCUT2D eigenvalue weighted by molar-refractivity contribution is -0.144. The van der Waals surface area contributed by atoms with Crippen LogP contribution in [0.5, 0.6) is 0 Å². The minimum Gasteiger partial charge on any atom is -0.480 e. The molecule has 1 fully saturated rings. The molecule has 0 amide bonds. The van der Waals surface area contributed by atoms with Crippen molar-refractivity contribution in [3.63, 3.8) is 0 Å². The lowest BCUT2D eigenvalue weighted by atomic mass is 10.2. The molecule has 1 aliphatic rings. The second kappa shape index (κ2) is 4.04. The van der Waals surface area contributed by atoms with Gasteiger partial charge in [-0.3, -0.25) is 4.79 Å². The zero-order chi connectivity index (χ0) is 9.84. The van der Waals surface area contributed by atoms with Crippen LogP contribution in [0.25, 0.3) is 0 Å². The molecular formula is C8H11NO4. The van der Waals surface area contributed by atoms with Crippen molar-refractivity contribution in [3.05, 3.63) is 12.7 Å². The quantitative estimate of drug-likeness (QED) is 0.459. The highest BCUT2D eigenvalue weighted by Crippen LogP contribution is 2.10. The minimum absolute atomic E-state index is 0.314. The molecule has 0 aromatic rings. The predicted octanol–water partition coefficient (Wildman–Crippen LogP) is -0.469. The van der Waals surface area contributed by atoms with Crippen molar-refractivity contribution >= 4 is 11.9 Å². The average Bonchev–Trinajstić information content (AvgIpc) is 2.52. The van der Waals surface area contributed by atoms with Crippen molar-refractivity contribution in [2.75, 3.05) is 6.54 Å². The van der Waals surface area contributed by atoms with E-state index in [1.807, 2.05) is 0 Å². The van der Waals surface area contributed by atoms with Gasteiger partial charge in [-0.25, -0.2) is 4.79 Å². The molecular weight excluding hydrogens is 174 g/mol. The number of carboxylic acid groups (broad SMARTS) is 1. The normalized spacial score (nSPS) is 26.8. The van der Waals surface area contributed by atoms with Gasteiger partial charge in [0.15, 0.2) is 0 Å². The van der Waals surface area contributed by atoms with E-state index in [9.17, 15) is 9.59 Å². The monoisotopic (exact) mass is 185 g/mol. The number of carboxylic acids is 1. The van der Waals surface area contributed by atoms with Gasteiger partial charge in [-0.05, 0) is 0 Å². The molecule has 2 atom stereocenters. The van der Waals surface area contributed by atoms with E-state index in [1.54, 1.807) is 0 Å². The Bertz CT molecular complexity index is 238. The maximum atomic E-state index is 10.7. The molecule has 5 heteroatoms. The van der Waals surface area contributed by atoms with Gasteiger partial charge in [-0.1, -0.05) is 6.58 Å². The summed E-state index contributed by atoms with van der Waals surface area (Å²) in [6, 6.07) is -0.609. The molecule has 0 aromatic heterocycles. The molecule has 5 nitrogen and oxygen atoms in total. The van der Waals surface area contributed by atoms with Crippen molar-refractivity contribution < 1.29 is 19.4 Å². The topological polar surface area (TPSA) is 75.6 Å². The predicted molar refractivity (Wildman–Crippen MR) is 44.1 cm³/mol. The molecule has 0 aliphatic carbocycles. The second-order valence-electron chi connectivity index (χ2n) is 2.80. The Morgan fingerprint density at radius 1 is 1.62 bits per heavy atom. The standard InChI is InChI=1S/C8H11NO4/c1-2-7(10)13-5-3-6(8(11)12)9-4-5/h2,5-6,9H,1,3-4H2,(H,11,12)/t5-,6+/m0/s1. The van der Waals surface area contributed by atoms with Crippen LogP contribution >= 0.6 is 0 Å². The van der Waals surface area contributed by atoms with Crippen LogP contribution in [-0.4, -0.2) is 35.7 Å². The number of nitrogens with one attached hydrogen (secondary N) is 1. The number of rotatable bonds is 3. The number of esters is 1. The lowest BCUT2D eigenvalue weighted by Crippen LogP contribution is -2.30. The number of carbonyl (C=O) groups is 2. The van der Waals surface area contributed by atoms with Gasteiger partial charge in [-0.15, -0.1) is 0 Å². The maximum Gasteiger partial charge on any atom is 0.330 e. The number of ether oxygens (including phenoxy) is 1. The van der Waals surface area contributed by atoms with Crippen LogP contribution < -0.4 is 5.32 Å². The van der Waals surface area contributed by atoms with Gasteiger partial charge in [0.25, 0.3) is 0 Å². The summed E-state index contributed by atoms with van der Waals surface area (Å²) in [5, 5.41) is 11.3. The Morgan fingerprint density at radius 2 is 2.31 bits per heavy atom. The Balaban J connectivity index is 2.37. The van der Waals surface area contributed by atoms with Crippen molar-refractivity contribution in [3.8, 4) is 0 Å². The van der Waals surface area contributed by atoms with E-state index in [4.69, 9.17) is 9.84 Å². The van der Waals surface area contributed by atoms with E-state index in [0.29, 0.717) is 13.0 Å². The van der Waals surface area contributed by atoms with Gasteiger partial charge in [0.2, 0.25) is 0 Å². The third-order valence-electron chi connectivity index (χ3n) is 1.84. The fraction of sp³-hybridized carbons (Fsp3) is 0.500. The number of hydrogen-bond donors (Lipinski definition) is 2. The fourth-order valence-corrected chi connectivity index (χ4v) is 1.19. The van der Waals surface area contributed by atoms with Crippen LogP contribution in [-0.2, 0) is 14.3 Å². The zero-order valence-corrected chi connectivity index (χ0v) is 7.03. The van der Waals surface area contributed by atoms with E-state index in [0.717, 1.165) is 6.08 Å². The molecule has 1 aliphatic heterocycles. The summed E-state index contributed by atoms with van der Waals surface area (Å²) in [5.41, 5.74) is 0. The third kappa shape index (κ3) is 2.55. The Morgan fingerprint density at radius 3 is 2.77 bits per heavy atom. The molecule has 1 heterocycles. The molecule has 0 saturated carbocycles. The molecule has 1 rings (SSSR count). The van der Waals surface area contributed by atoms with Crippen LogP contribution in [0, 0.1) is 0 Å². The van der Waals surface area contributed by atoms with Crippen molar-refractivity contribution in [2.45, 2.75) is 18.6 Å². The average molecular weight is 185 g/mol. The van der Waals surface area contributed by atoms with Crippen molar-refractivity contribution in [1.82, 2.24) is 5.32 Å². The van der Waals surface area contributed by atoms with Gasteiger partial charge >= 0.3 is 11.9 Å². The molecule has 13 heavy (non-hydrogen) atoms. The first-order chi connectivity index (χ1) is 6.13. The van der Waals surface area contributed by atoms with Crippen LogP contribution in [0.2, 0.25) is 0 Å². The number of aliphatic carboxylic acids is 1. The van der Waals surface area contributed by atoms with E-state index >= 15 is 0 Å². The molecule has 0 bridgehead atoms. The molecule has 0 radical (unpaired) electrons. The number of carbonyl (C=O) groups excluding carboxylic acids is 1. The summed E-state index contributed by atoms with van der Waals surface area (Å²) in [6.07, 6.45) is 1.02. The zero-order valence-electron chi connectivity index (χ0n) is 7.03. The Kier molecular flexibility index (Phi) is 3.02. The van der Waals surface area contributed by atoms with Gasteiger partial charge in [0.1, 0.15) is 12.1 Å².